The molecule has 29 heavy (non-hydrogen) atoms. The van der Waals surface area contributed by atoms with Gasteiger partial charge in [0.2, 0.25) is 0 Å². The first-order valence-corrected chi connectivity index (χ1v) is 10.7. The molecule has 2 N–H and O–H groups in total. The number of phenolic OH excluding ortho intramolecular Hbond substituents is 1. The second kappa shape index (κ2) is 8.56. The lowest BCUT2D eigenvalue weighted by atomic mass is 9.87. The van der Waals surface area contributed by atoms with Crippen molar-refractivity contribution in [1.29, 1.82) is 0 Å². The van der Waals surface area contributed by atoms with Gasteiger partial charge in [-0.05, 0) is 37.9 Å². The molecule has 2 aliphatic heterocycles. The van der Waals surface area contributed by atoms with Gasteiger partial charge in [-0.3, -0.25) is 10.3 Å². The van der Waals surface area contributed by atoms with Gasteiger partial charge in [0.15, 0.2) is 11.5 Å². The van der Waals surface area contributed by atoms with Gasteiger partial charge in [-0.1, -0.05) is 49.4 Å². The number of piperidine rings is 1. The minimum atomic E-state index is -0.284. The summed E-state index contributed by atoms with van der Waals surface area (Å²) in [5, 5.41) is 14.7. The summed E-state index contributed by atoms with van der Waals surface area (Å²) in [4.78, 5) is 7.72. The third kappa shape index (κ3) is 4.16. The highest BCUT2D eigenvalue weighted by atomic mass is 16.5. The monoisotopic (exact) mass is 393 g/mol. The number of aliphatic imine (C=N–C) groups is 1. The van der Waals surface area contributed by atoms with Crippen LogP contribution in [0.25, 0.3) is 0 Å². The predicted molar refractivity (Wildman–Crippen MR) is 117 cm³/mol. The second-order valence-electron chi connectivity index (χ2n) is 7.92. The Labute approximate surface area is 173 Å². The van der Waals surface area contributed by atoms with E-state index in [1.165, 1.54) is 0 Å². The zero-order valence-electron chi connectivity index (χ0n) is 17.4. The molecule has 1 atom stereocenters. The molecule has 0 aliphatic carbocycles. The van der Waals surface area contributed by atoms with Gasteiger partial charge < -0.3 is 14.7 Å². The Morgan fingerprint density at radius 2 is 1.86 bits per heavy atom. The predicted octanol–water partition coefficient (Wildman–Crippen LogP) is 4.13. The summed E-state index contributed by atoms with van der Waals surface area (Å²) in [7, 11) is 0. The number of nitrogens with one attached hydrogen (secondary N) is 1. The van der Waals surface area contributed by atoms with Gasteiger partial charge in [-0.2, -0.15) is 0 Å². The summed E-state index contributed by atoms with van der Waals surface area (Å²) in [5.41, 5.74) is 2.88. The van der Waals surface area contributed by atoms with Crippen molar-refractivity contribution in [3.8, 4) is 11.5 Å². The normalized spacial score (nSPS) is 21.7. The van der Waals surface area contributed by atoms with Crippen LogP contribution >= 0.6 is 0 Å². The van der Waals surface area contributed by atoms with Crippen molar-refractivity contribution in [3.05, 3.63) is 59.7 Å². The van der Waals surface area contributed by atoms with Crippen LogP contribution in [0.1, 0.15) is 50.3 Å². The Balaban J connectivity index is 1.70. The lowest BCUT2D eigenvalue weighted by Gasteiger charge is -2.45. The van der Waals surface area contributed by atoms with Gasteiger partial charge in [0, 0.05) is 36.8 Å². The fraction of sp³-hybridized carbons (Fsp3) is 0.458. The number of rotatable bonds is 5. The highest BCUT2D eigenvalue weighted by Crippen LogP contribution is 2.40. The maximum Gasteiger partial charge on any atom is 0.162 e. The second-order valence-corrected chi connectivity index (χ2v) is 7.92. The average Bonchev–Trinajstić information content (AvgIpc) is 2.76. The number of benzene rings is 2. The molecule has 0 bridgehead atoms. The fourth-order valence-electron chi connectivity index (χ4n) is 4.49. The highest BCUT2D eigenvalue weighted by molar-refractivity contribution is 6.01. The molecule has 2 aromatic carbocycles. The summed E-state index contributed by atoms with van der Waals surface area (Å²) < 4.78 is 5.63. The van der Waals surface area contributed by atoms with Gasteiger partial charge in [0.05, 0.1) is 6.61 Å². The zero-order valence-corrected chi connectivity index (χ0v) is 17.4. The quantitative estimate of drug-likeness (QED) is 0.802. The topological polar surface area (TPSA) is 57.1 Å². The molecule has 2 aromatic rings. The Hall–Kier alpha value is -2.37. The molecule has 2 heterocycles. The Morgan fingerprint density at radius 3 is 2.55 bits per heavy atom. The van der Waals surface area contributed by atoms with E-state index in [0.717, 1.165) is 55.7 Å². The summed E-state index contributed by atoms with van der Waals surface area (Å²) in [6.07, 6.45) is 2.69. The molecule has 0 amide bonds. The zero-order chi connectivity index (χ0) is 20.3. The summed E-state index contributed by atoms with van der Waals surface area (Å²) >= 11 is 0. The largest absolute Gasteiger partial charge is 0.504 e. The molecule has 154 valence electrons. The third-order valence-corrected chi connectivity index (χ3v) is 6.13. The van der Waals surface area contributed by atoms with Crippen LogP contribution in [0.2, 0.25) is 0 Å². The summed E-state index contributed by atoms with van der Waals surface area (Å²) in [5.74, 6) is 0.785. The standard InChI is InChI=1S/C24H31N3O2/c1-3-27-15-13-24(14-16-27)25-20(18-9-6-5-7-10-18)17-21(26-24)19-11-8-12-22(23(19)28)29-4-2/h5-12,21,26,28H,3-4,13-17H2,1-2H3. The van der Waals surface area contributed by atoms with Crippen LogP contribution < -0.4 is 10.1 Å². The van der Waals surface area contributed by atoms with E-state index in [-0.39, 0.29) is 17.5 Å². The van der Waals surface area contributed by atoms with E-state index in [2.05, 4.69) is 41.4 Å². The van der Waals surface area contributed by atoms with E-state index in [9.17, 15) is 5.11 Å². The molecule has 1 spiro atoms. The number of hydrogen-bond donors (Lipinski definition) is 2. The molecule has 5 heteroatoms. The van der Waals surface area contributed by atoms with Crippen LogP contribution in [-0.4, -0.2) is 47.6 Å². The third-order valence-electron chi connectivity index (χ3n) is 6.13. The number of aromatic hydroxyl groups is 1. The average molecular weight is 394 g/mol. The Kier molecular flexibility index (Phi) is 5.88. The smallest absolute Gasteiger partial charge is 0.162 e. The number of phenols is 1. The van der Waals surface area contributed by atoms with E-state index in [0.29, 0.717) is 12.4 Å². The van der Waals surface area contributed by atoms with Gasteiger partial charge in [-0.15, -0.1) is 0 Å². The molecule has 1 unspecified atom stereocenters. The van der Waals surface area contributed by atoms with Gasteiger partial charge >= 0.3 is 0 Å². The van der Waals surface area contributed by atoms with E-state index < -0.39 is 0 Å². The van der Waals surface area contributed by atoms with Gasteiger partial charge in [-0.25, -0.2) is 0 Å². The molecule has 2 aliphatic rings. The molecule has 0 radical (unpaired) electrons. The van der Waals surface area contributed by atoms with Crippen LogP contribution in [0, 0.1) is 0 Å². The van der Waals surface area contributed by atoms with Crippen molar-refractivity contribution in [3.63, 3.8) is 0 Å². The first-order valence-electron chi connectivity index (χ1n) is 10.7. The van der Waals surface area contributed by atoms with Crippen molar-refractivity contribution in [2.75, 3.05) is 26.2 Å². The van der Waals surface area contributed by atoms with Gasteiger partial charge in [0.25, 0.3) is 0 Å². The Bertz CT molecular complexity index is 858. The highest BCUT2D eigenvalue weighted by Gasteiger charge is 2.40. The first kappa shape index (κ1) is 19.9. The van der Waals surface area contributed by atoms with E-state index in [1.807, 2.05) is 31.2 Å². The molecule has 5 nitrogen and oxygen atoms in total. The van der Waals surface area contributed by atoms with Gasteiger partial charge in [0.1, 0.15) is 5.66 Å². The number of ether oxygens (including phenoxy) is 1. The Morgan fingerprint density at radius 1 is 1.10 bits per heavy atom. The van der Waals surface area contributed by atoms with Crippen LogP contribution in [0.3, 0.4) is 0 Å². The number of para-hydroxylation sites is 1. The molecule has 1 saturated heterocycles. The maximum atomic E-state index is 10.9. The van der Waals surface area contributed by atoms with Crippen molar-refractivity contribution in [2.45, 2.75) is 44.8 Å². The van der Waals surface area contributed by atoms with Crippen LogP contribution in [0.15, 0.2) is 53.5 Å². The lowest BCUT2D eigenvalue weighted by Crippen LogP contribution is -2.56. The van der Waals surface area contributed by atoms with Crippen LogP contribution in [0.5, 0.6) is 11.5 Å². The minimum Gasteiger partial charge on any atom is -0.504 e. The number of nitrogens with zero attached hydrogens (tertiary/aromatic N) is 2. The molecule has 0 aromatic heterocycles. The van der Waals surface area contributed by atoms with Crippen molar-refractivity contribution in [1.82, 2.24) is 10.2 Å². The fourth-order valence-corrected chi connectivity index (χ4v) is 4.49. The molecular formula is C24H31N3O2. The molecule has 1 fully saturated rings. The molecule has 0 saturated carbocycles. The summed E-state index contributed by atoms with van der Waals surface area (Å²) in [6.45, 7) is 7.82. The lowest BCUT2D eigenvalue weighted by molar-refractivity contribution is 0.129. The SMILES string of the molecule is CCOc1cccc(C2CC(c3ccccc3)=NC3(CCN(CC)CC3)N2)c1O. The van der Waals surface area contributed by atoms with Crippen molar-refractivity contribution in [2.24, 2.45) is 4.99 Å². The van der Waals surface area contributed by atoms with E-state index in [4.69, 9.17) is 9.73 Å². The minimum absolute atomic E-state index is 0.00344. The first-order chi connectivity index (χ1) is 14.1. The number of hydrogen-bond acceptors (Lipinski definition) is 5. The van der Waals surface area contributed by atoms with Crippen molar-refractivity contribution < 1.29 is 9.84 Å². The van der Waals surface area contributed by atoms with Crippen LogP contribution in [0.4, 0.5) is 0 Å². The van der Waals surface area contributed by atoms with Crippen molar-refractivity contribution >= 4 is 5.71 Å². The molecule has 4 rings (SSSR count). The maximum absolute atomic E-state index is 10.9. The van der Waals surface area contributed by atoms with E-state index in [1.54, 1.807) is 0 Å². The van der Waals surface area contributed by atoms with E-state index >= 15 is 0 Å². The van der Waals surface area contributed by atoms with Crippen LogP contribution in [-0.2, 0) is 0 Å². The number of likely N-dealkylation sites (tertiary alicyclic amines) is 1. The molecular weight excluding hydrogens is 362 g/mol. The summed E-state index contributed by atoms with van der Waals surface area (Å²) in [6, 6.07) is 16.2.